The second-order valence-corrected chi connectivity index (χ2v) is 4.74. The summed E-state index contributed by atoms with van der Waals surface area (Å²) in [6.45, 7) is 5.57. The number of hydrogen-bond acceptors (Lipinski definition) is 3. The van der Waals surface area contributed by atoms with Gasteiger partial charge in [-0.2, -0.15) is 5.10 Å². The van der Waals surface area contributed by atoms with Gasteiger partial charge in [-0.25, -0.2) is 9.07 Å². The van der Waals surface area contributed by atoms with Gasteiger partial charge in [-0.15, -0.1) is 0 Å². The van der Waals surface area contributed by atoms with E-state index >= 15 is 0 Å². The zero-order valence-corrected chi connectivity index (χ0v) is 12.0. The third-order valence-electron chi connectivity index (χ3n) is 3.38. The van der Waals surface area contributed by atoms with Crippen molar-refractivity contribution in [3.8, 4) is 5.69 Å². The van der Waals surface area contributed by atoms with Crippen LogP contribution in [0.4, 0.5) is 4.39 Å². The van der Waals surface area contributed by atoms with Crippen molar-refractivity contribution in [2.75, 3.05) is 7.11 Å². The number of aromatic nitrogens is 2. The van der Waals surface area contributed by atoms with Crippen molar-refractivity contribution in [1.29, 1.82) is 0 Å². The monoisotopic (exact) mass is 276 g/mol. The minimum absolute atomic E-state index is 0.189. The highest BCUT2D eigenvalue weighted by Crippen LogP contribution is 2.21. The summed E-state index contributed by atoms with van der Waals surface area (Å²) in [6.07, 6.45) is 0.189. The van der Waals surface area contributed by atoms with Crippen molar-refractivity contribution >= 4 is 5.97 Å². The zero-order chi connectivity index (χ0) is 14.9. The summed E-state index contributed by atoms with van der Waals surface area (Å²) in [6, 6.07) is 4.55. The summed E-state index contributed by atoms with van der Waals surface area (Å²) in [5.74, 6) is -0.575. The number of methoxy groups -OCH3 is 1. The van der Waals surface area contributed by atoms with E-state index in [-0.39, 0.29) is 18.2 Å². The zero-order valence-electron chi connectivity index (χ0n) is 12.0. The van der Waals surface area contributed by atoms with Crippen LogP contribution in [0.25, 0.3) is 5.69 Å². The molecule has 0 saturated heterocycles. The second kappa shape index (κ2) is 5.45. The van der Waals surface area contributed by atoms with Gasteiger partial charge < -0.3 is 4.74 Å². The van der Waals surface area contributed by atoms with E-state index in [9.17, 15) is 9.18 Å². The molecule has 1 heterocycles. The average molecular weight is 276 g/mol. The first-order valence-electron chi connectivity index (χ1n) is 6.32. The van der Waals surface area contributed by atoms with Crippen LogP contribution in [0.15, 0.2) is 18.2 Å². The highest BCUT2D eigenvalue weighted by molar-refractivity contribution is 5.73. The molecule has 0 N–H and O–H groups in total. The van der Waals surface area contributed by atoms with Crippen molar-refractivity contribution in [3.63, 3.8) is 0 Å². The Labute approximate surface area is 117 Å². The van der Waals surface area contributed by atoms with Crippen molar-refractivity contribution in [3.05, 3.63) is 46.5 Å². The predicted molar refractivity (Wildman–Crippen MR) is 73.5 cm³/mol. The molecule has 4 nitrogen and oxygen atoms in total. The van der Waals surface area contributed by atoms with Gasteiger partial charge in [0.25, 0.3) is 0 Å². The fourth-order valence-corrected chi connectivity index (χ4v) is 2.24. The molecule has 0 saturated carbocycles. The van der Waals surface area contributed by atoms with E-state index in [1.54, 1.807) is 10.7 Å². The standard InChI is InChI=1S/C15H17FN2O2/c1-9-7-12(16)5-6-14(9)18-11(3)13(10(2)17-18)8-15(19)20-4/h5-7H,8H2,1-4H3. The van der Waals surface area contributed by atoms with E-state index in [4.69, 9.17) is 4.74 Å². The molecule has 1 aromatic carbocycles. The van der Waals surface area contributed by atoms with Gasteiger partial charge in [0, 0.05) is 11.3 Å². The van der Waals surface area contributed by atoms with Gasteiger partial charge in [-0.05, 0) is 44.5 Å². The molecule has 0 spiro atoms. The number of esters is 1. The predicted octanol–water partition coefficient (Wildman–Crippen LogP) is 2.65. The molecule has 0 aliphatic carbocycles. The van der Waals surface area contributed by atoms with E-state index < -0.39 is 0 Å². The van der Waals surface area contributed by atoms with E-state index in [2.05, 4.69) is 5.10 Å². The van der Waals surface area contributed by atoms with E-state index in [1.165, 1.54) is 19.2 Å². The smallest absolute Gasteiger partial charge is 0.310 e. The minimum atomic E-state index is -0.299. The maximum atomic E-state index is 13.2. The summed E-state index contributed by atoms with van der Waals surface area (Å²) in [5.41, 5.74) is 4.09. The van der Waals surface area contributed by atoms with Crippen LogP contribution in [0.1, 0.15) is 22.5 Å². The Kier molecular flexibility index (Phi) is 3.88. The number of ether oxygens (including phenoxy) is 1. The number of halogens is 1. The molecule has 0 atom stereocenters. The van der Waals surface area contributed by atoms with Crippen LogP contribution in [-0.2, 0) is 16.0 Å². The Hall–Kier alpha value is -2.17. The van der Waals surface area contributed by atoms with Crippen LogP contribution >= 0.6 is 0 Å². The molecule has 2 rings (SSSR count). The largest absolute Gasteiger partial charge is 0.469 e. The molecule has 0 amide bonds. The Morgan fingerprint density at radius 2 is 2.05 bits per heavy atom. The quantitative estimate of drug-likeness (QED) is 0.809. The summed E-state index contributed by atoms with van der Waals surface area (Å²) in [5, 5.41) is 4.44. The Morgan fingerprint density at radius 3 is 2.65 bits per heavy atom. The van der Waals surface area contributed by atoms with Gasteiger partial charge in [-0.1, -0.05) is 0 Å². The molecule has 0 aliphatic heterocycles. The van der Waals surface area contributed by atoms with Crippen molar-refractivity contribution in [2.24, 2.45) is 0 Å². The molecule has 0 aliphatic rings. The number of carbonyl (C=O) groups excluding carboxylic acids is 1. The van der Waals surface area contributed by atoms with Crippen molar-refractivity contribution in [1.82, 2.24) is 9.78 Å². The van der Waals surface area contributed by atoms with Crippen LogP contribution in [0.5, 0.6) is 0 Å². The lowest BCUT2D eigenvalue weighted by atomic mass is 10.1. The van der Waals surface area contributed by atoms with Crippen LogP contribution in [0, 0.1) is 26.6 Å². The average Bonchev–Trinajstić information content (AvgIpc) is 2.66. The lowest BCUT2D eigenvalue weighted by Gasteiger charge is -2.08. The summed E-state index contributed by atoms with van der Waals surface area (Å²) < 4.78 is 19.6. The second-order valence-electron chi connectivity index (χ2n) is 4.74. The highest BCUT2D eigenvalue weighted by atomic mass is 19.1. The summed E-state index contributed by atoms with van der Waals surface area (Å²) in [7, 11) is 1.36. The van der Waals surface area contributed by atoms with Crippen molar-refractivity contribution in [2.45, 2.75) is 27.2 Å². The Bertz CT molecular complexity index is 662. The fraction of sp³-hybridized carbons (Fsp3) is 0.333. The first-order valence-corrected chi connectivity index (χ1v) is 6.32. The fourth-order valence-electron chi connectivity index (χ4n) is 2.24. The number of hydrogen-bond donors (Lipinski definition) is 0. The molecule has 1 aromatic heterocycles. The molecule has 0 fully saturated rings. The molecule has 0 radical (unpaired) electrons. The van der Waals surface area contributed by atoms with Crippen LogP contribution in [-0.4, -0.2) is 22.9 Å². The third-order valence-corrected chi connectivity index (χ3v) is 3.38. The highest BCUT2D eigenvalue weighted by Gasteiger charge is 2.17. The first-order chi connectivity index (χ1) is 9.43. The van der Waals surface area contributed by atoms with E-state index in [0.717, 1.165) is 28.2 Å². The van der Waals surface area contributed by atoms with Gasteiger partial charge in [-0.3, -0.25) is 4.79 Å². The lowest BCUT2D eigenvalue weighted by molar-refractivity contribution is -0.139. The maximum absolute atomic E-state index is 13.2. The Morgan fingerprint density at radius 1 is 1.35 bits per heavy atom. The van der Waals surface area contributed by atoms with Crippen LogP contribution in [0.3, 0.4) is 0 Å². The van der Waals surface area contributed by atoms with Gasteiger partial charge in [0.2, 0.25) is 0 Å². The normalized spacial score (nSPS) is 10.7. The van der Waals surface area contributed by atoms with E-state index in [1.807, 2.05) is 20.8 Å². The molecule has 5 heteroatoms. The Balaban J connectivity index is 2.48. The first kappa shape index (κ1) is 14.2. The summed E-state index contributed by atoms with van der Waals surface area (Å²) >= 11 is 0. The van der Waals surface area contributed by atoms with Gasteiger partial charge in [0.05, 0.1) is 24.9 Å². The molecule has 20 heavy (non-hydrogen) atoms. The maximum Gasteiger partial charge on any atom is 0.310 e. The molecular formula is C15H17FN2O2. The number of aryl methyl sites for hydroxylation is 2. The molecule has 0 unspecified atom stereocenters. The lowest BCUT2D eigenvalue weighted by Crippen LogP contribution is -2.07. The SMILES string of the molecule is COC(=O)Cc1c(C)nn(-c2ccc(F)cc2C)c1C. The topological polar surface area (TPSA) is 44.1 Å². The molecule has 0 bridgehead atoms. The summed E-state index contributed by atoms with van der Waals surface area (Å²) in [4.78, 5) is 11.4. The van der Waals surface area contributed by atoms with E-state index in [0.29, 0.717) is 0 Å². The number of benzene rings is 1. The minimum Gasteiger partial charge on any atom is -0.469 e. The van der Waals surface area contributed by atoms with Crippen LogP contribution < -0.4 is 0 Å². The molecular weight excluding hydrogens is 259 g/mol. The number of carbonyl (C=O) groups is 1. The third kappa shape index (κ3) is 2.57. The van der Waals surface area contributed by atoms with Gasteiger partial charge in [0.15, 0.2) is 0 Å². The molecule has 2 aromatic rings. The van der Waals surface area contributed by atoms with Crippen molar-refractivity contribution < 1.29 is 13.9 Å². The van der Waals surface area contributed by atoms with Crippen LogP contribution in [0.2, 0.25) is 0 Å². The molecule has 106 valence electrons. The number of rotatable bonds is 3. The van der Waals surface area contributed by atoms with Gasteiger partial charge >= 0.3 is 5.97 Å². The van der Waals surface area contributed by atoms with Gasteiger partial charge in [0.1, 0.15) is 5.82 Å². The number of nitrogens with zero attached hydrogens (tertiary/aromatic N) is 2.